The largest absolute Gasteiger partial charge is 0.317 e. The molecular weight excluding hydrogens is 110 g/mol. The minimum atomic E-state index is 0.500. The van der Waals surface area contributed by atoms with E-state index in [0.29, 0.717) is 5.41 Å². The van der Waals surface area contributed by atoms with Crippen molar-refractivity contribution >= 4 is 0 Å². The van der Waals surface area contributed by atoms with Gasteiger partial charge in [0.1, 0.15) is 0 Å². The van der Waals surface area contributed by atoms with Crippen LogP contribution in [-0.2, 0) is 0 Å². The Kier molecular flexibility index (Phi) is 3.87. The summed E-state index contributed by atoms with van der Waals surface area (Å²) in [7, 11) is 0. The van der Waals surface area contributed by atoms with Crippen LogP contribution in [-0.4, -0.2) is 13.1 Å². The molecule has 1 N–H and O–H groups in total. The predicted molar refractivity (Wildman–Crippen MR) is 42.6 cm³/mol. The fourth-order valence-electron chi connectivity index (χ4n) is 0.177. The Morgan fingerprint density at radius 3 is 1.11 bits per heavy atom. The summed E-state index contributed by atoms with van der Waals surface area (Å²) in [5.74, 6) is 0. The van der Waals surface area contributed by atoms with Crippen molar-refractivity contribution in [2.24, 2.45) is 5.41 Å². The second-order valence-corrected chi connectivity index (χ2v) is 4.10. The van der Waals surface area contributed by atoms with Crippen molar-refractivity contribution in [3.63, 3.8) is 0 Å². The number of hydrogen-bond donors (Lipinski definition) is 1. The summed E-state index contributed by atoms with van der Waals surface area (Å²) in [5.41, 5.74) is 0.500. The van der Waals surface area contributed by atoms with Gasteiger partial charge in [0.15, 0.2) is 0 Å². The predicted octanol–water partition coefficient (Wildman–Crippen LogP) is 2.03. The highest BCUT2D eigenvalue weighted by Gasteiger charge is 1.95. The van der Waals surface area contributed by atoms with Gasteiger partial charge in [-0.2, -0.15) is 0 Å². The second-order valence-electron chi connectivity index (χ2n) is 4.10. The van der Waals surface area contributed by atoms with Gasteiger partial charge < -0.3 is 5.32 Å². The van der Waals surface area contributed by atoms with Gasteiger partial charge in [-0.15, -0.1) is 0 Å². The molecule has 0 aromatic rings. The summed E-state index contributed by atoms with van der Waals surface area (Å²) in [6.07, 6.45) is 1.39. The molecule has 1 aliphatic rings. The lowest BCUT2D eigenvalue weighted by Crippen LogP contribution is -2.29. The highest BCUT2D eigenvalue weighted by Crippen LogP contribution is 2.07. The summed E-state index contributed by atoms with van der Waals surface area (Å²) < 4.78 is 0. The van der Waals surface area contributed by atoms with E-state index in [1.54, 1.807) is 0 Å². The molecule has 56 valence electrons. The van der Waals surface area contributed by atoms with Gasteiger partial charge in [0.25, 0.3) is 0 Å². The summed E-state index contributed by atoms with van der Waals surface area (Å²) in [4.78, 5) is 0. The Hall–Kier alpha value is -0.0400. The molecule has 0 radical (unpaired) electrons. The van der Waals surface area contributed by atoms with Gasteiger partial charge in [-0.05, 0) is 24.9 Å². The molecule has 1 rings (SSSR count). The van der Waals surface area contributed by atoms with Gasteiger partial charge in [0.05, 0.1) is 0 Å². The van der Waals surface area contributed by atoms with Gasteiger partial charge in [0.2, 0.25) is 0 Å². The van der Waals surface area contributed by atoms with E-state index >= 15 is 0 Å². The first-order valence-corrected chi connectivity index (χ1v) is 3.71. The van der Waals surface area contributed by atoms with Crippen molar-refractivity contribution in [2.75, 3.05) is 13.1 Å². The summed E-state index contributed by atoms with van der Waals surface area (Å²) in [6, 6.07) is 0. The Balaban J connectivity index is 0.000000144. The van der Waals surface area contributed by atoms with Crippen LogP contribution in [0.3, 0.4) is 0 Å². The molecule has 1 fully saturated rings. The Bertz CT molecular complexity index is 47.5. The Morgan fingerprint density at radius 2 is 1.11 bits per heavy atom. The van der Waals surface area contributed by atoms with E-state index in [9.17, 15) is 0 Å². The van der Waals surface area contributed by atoms with Crippen molar-refractivity contribution in [1.82, 2.24) is 5.32 Å². The maximum atomic E-state index is 3.11. The molecule has 0 aliphatic carbocycles. The maximum absolute atomic E-state index is 3.11. The molecule has 1 aliphatic heterocycles. The van der Waals surface area contributed by atoms with E-state index in [4.69, 9.17) is 0 Å². The highest BCUT2D eigenvalue weighted by molar-refractivity contribution is 4.56. The lowest BCUT2D eigenvalue weighted by atomic mass is 10.0. The molecule has 0 unspecified atom stereocenters. The average Bonchev–Trinajstić information content (AvgIpc) is 1.12. The molecule has 9 heavy (non-hydrogen) atoms. The van der Waals surface area contributed by atoms with Crippen LogP contribution in [0, 0.1) is 5.41 Å². The molecule has 1 heterocycles. The normalized spacial score (nSPS) is 17.3. The average molecular weight is 129 g/mol. The van der Waals surface area contributed by atoms with E-state index in [2.05, 4.69) is 33.0 Å². The van der Waals surface area contributed by atoms with Crippen molar-refractivity contribution in [1.29, 1.82) is 0 Å². The Morgan fingerprint density at radius 1 is 1.00 bits per heavy atom. The topological polar surface area (TPSA) is 12.0 Å². The molecule has 0 aromatic heterocycles. The quantitative estimate of drug-likeness (QED) is 0.527. The maximum Gasteiger partial charge on any atom is -0.00368 e. The molecule has 0 atom stereocenters. The first-order valence-electron chi connectivity index (χ1n) is 3.71. The minimum absolute atomic E-state index is 0.500. The van der Waals surface area contributed by atoms with Crippen molar-refractivity contribution in [3.8, 4) is 0 Å². The highest BCUT2D eigenvalue weighted by atomic mass is 14.9. The van der Waals surface area contributed by atoms with Crippen LogP contribution in [0.25, 0.3) is 0 Å². The first kappa shape index (κ1) is 8.96. The SMILES string of the molecule is C1CNC1.CC(C)(C)C. The summed E-state index contributed by atoms with van der Waals surface area (Å²) >= 11 is 0. The minimum Gasteiger partial charge on any atom is -0.317 e. The van der Waals surface area contributed by atoms with E-state index < -0.39 is 0 Å². The molecule has 0 aromatic carbocycles. The number of rotatable bonds is 0. The second kappa shape index (κ2) is 3.89. The molecule has 0 saturated carbocycles. The van der Waals surface area contributed by atoms with Crippen LogP contribution in [0.4, 0.5) is 0 Å². The van der Waals surface area contributed by atoms with Crippen LogP contribution in [0.15, 0.2) is 0 Å². The number of hydrogen-bond acceptors (Lipinski definition) is 1. The first-order chi connectivity index (χ1) is 4.00. The molecule has 0 bridgehead atoms. The van der Waals surface area contributed by atoms with Crippen molar-refractivity contribution in [3.05, 3.63) is 0 Å². The van der Waals surface area contributed by atoms with Gasteiger partial charge in [-0.3, -0.25) is 0 Å². The standard InChI is InChI=1S/C5H12.C3H7N/c1-5(2,3)4;1-2-4-3-1/h1-4H3;4H,1-3H2. The zero-order valence-electron chi connectivity index (χ0n) is 7.12. The van der Waals surface area contributed by atoms with E-state index in [1.165, 1.54) is 19.5 Å². The van der Waals surface area contributed by atoms with Gasteiger partial charge in [0, 0.05) is 0 Å². The lowest BCUT2D eigenvalue weighted by Gasteiger charge is -2.09. The molecule has 0 amide bonds. The molecular formula is C8H19N. The van der Waals surface area contributed by atoms with Crippen LogP contribution in [0.1, 0.15) is 34.1 Å². The van der Waals surface area contributed by atoms with Crippen molar-refractivity contribution in [2.45, 2.75) is 34.1 Å². The third kappa shape index (κ3) is 18.0. The zero-order valence-corrected chi connectivity index (χ0v) is 7.12. The van der Waals surface area contributed by atoms with Crippen LogP contribution in [0.2, 0.25) is 0 Å². The molecule has 1 saturated heterocycles. The van der Waals surface area contributed by atoms with Gasteiger partial charge in [-0.1, -0.05) is 27.7 Å². The third-order valence-electron chi connectivity index (χ3n) is 0.707. The summed E-state index contributed by atoms with van der Waals surface area (Å²) in [6.45, 7) is 11.2. The third-order valence-corrected chi connectivity index (χ3v) is 0.707. The smallest absolute Gasteiger partial charge is 0.00368 e. The monoisotopic (exact) mass is 129 g/mol. The number of nitrogens with one attached hydrogen (secondary N) is 1. The van der Waals surface area contributed by atoms with Gasteiger partial charge >= 0.3 is 0 Å². The molecule has 1 heteroatoms. The fourth-order valence-corrected chi connectivity index (χ4v) is 0.177. The Labute approximate surface area is 58.8 Å². The van der Waals surface area contributed by atoms with Gasteiger partial charge in [-0.25, -0.2) is 0 Å². The van der Waals surface area contributed by atoms with E-state index in [-0.39, 0.29) is 0 Å². The van der Waals surface area contributed by atoms with E-state index in [0.717, 1.165) is 0 Å². The zero-order chi connectivity index (χ0) is 7.33. The lowest BCUT2D eigenvalue weighted by molar-refractivity contribution is 0.469. The van der Waals surface area contributed by atoms with Crippen LogP contribution < -0.4 is 5.32 Å². The van der Waals surface area contributed by atoms with Crippen LogP contribution in [0.5, 0.6) is 0 Å². The molecule has 1 nitrogen and oxygen atoms in total. The molecule has 0 spiro atoms. The van der Waals surface area contributed by atoms with E-state index in [1.807, 2.05) is 0 Å². The fraction of sp³-hybridized carbons (Fsp3) is 1.00. The van der Waals surface area contributed by atoms with Crippen molar-refractivity contribution < 1.29 is 0 Å². The van der Waals surface area contributed by atoms with Crippen LogP contribution >= 0.6 is 0 Å². The summed E-state index contributed by atoms with van der Waals surface area (Å²) in [5, 5.41) is 3.11.